The van der Waals surface area contributed by atoms with Gasteiger partial charge in [0.05, 0.1) is 0 Å². The van der Waals surface area contributed by atoms with Crippen LogP contribution in [0.15, 0.2) is 0 Å². The van der Waals surface area contributed by atoms with Crippen LogP contribution in [0.3, 0.4) is 0 Å². The fraction of sp³-hybridized carbons (Fsp3) is 0.500. The van der Waals surface area contributed by atoms with E-state index >= 15 is 0 Å². The van der Waals surface area contributed by atoms with E-state index in [1.807, 2.05) is 0 Å². The van der Waals surface area contributed by atoms with Crippen LogP contribution in [0.5, 0.6) is 0 Å². The number of rotatable bonds is 3. The molecule has 59 valence electrons. The van der Waals surface area contributed by atoms with Gasteiger partial charge in [0, 0.05) is 19.6 Å². The molecule has 6 heteroatoms. The molecule has 0 fully saturated rings. The lowest BCUT2D eigenvalue weighted by atomic mass is 10.6. The second-order valence-corrected chi connectivity index (χ2v) is 5.86. The van der Waals surface area contributed by atoms with E-state index in [-0.39, 0.29) is 12.7 Å². The molecule has 0 heterocycles. The predicted octanol–water partition coefficient (Wildman–Crippen LogP) is -0.173. The first kappa shape index (κ1) is 10.1. The Morgan fingerprint density at radius 3 is 2.50 bits per heavy atom. The average Bonchev–Trinajstić information content (AvgIpc) is 1.59. The third-order valence-corrected chi connectivity index (χ3v) is 2.26. The summed E-state index contributed by atoms with van der Waals surface area (Å²) in [5.74, 6) is -0.417. The quantitative estimate of drug-likeness (QED) is 0.530. The van der Waals surface area contributed by atoms with E-state index in [2.05, 4.69) is 20.8 Å². The van der Waals surface area contributed by atoms with Crippen molar-refractivity contribution in [3.8, 4) is 0 Å². The molecule has 0 aromatic rings. The highest BCUT2D eigenvalue weighted by atomic mass is 31.8. The minimum absolute atomic E-state index is 0.130. The van der Waals surface area contributed by atoms with Gasteiger partial charge in [-0.1, -0.05) is 8.53 Å². The second kappa shape index (κ2) is 4.09. The molecule has 0 aliphatic rings. The summed E-state index contributed by atoms with van der Waals surface area (Å²) in [6.07, 6.45) is 0.130. The number of carbonyl (C=O) groups is 1. The van der Waals surface area contributed by atoms with Gasteiger partial charge in [-0.2, -0.15) is 0 Å². The zero-order valence-corrected chi connectivity index (χ0v) is 7.27. The third kappa shape index (κ3) is 8.12. The van der Waals surface area contributed by atoms with Crippen LogP contribution in [0.25, 0.3) is 0 Å². The maximum atomic E-state index is 10.1. The summed E-state index contributed by atoms with van der Waals surface area (Å²) < 4.78 is 0. The molecule has 1 amide bonds. The number of carbonyl (C=O) groups excluding carboxylic acids is 1. The zero-order chi connectivity index (χ0) is 8.20. The van der Waals surface area contributed by atoms with Gasteiger partial charge in [-0.3, -0.25) is 4.79 Å². The van der Waals surface area contributed by atoms with Crippen LogP contribution in [0.1, 0.15) is 0 Å². The average molecular weight is 182 g/mol. The summed E-state index contributed by atoms with van der Waals surface area (Å²) in [6.45, 7) is 3.27. The van der Waals surface area contributed by atoms with Crippen molar-refractivity contribution in [1.29, 1.82) is 0 Å². The molecule has 3 N–H and O–H groups in total. The monoisotopic (exact) mass is 182 g/mol. The van der Waals surface area contributed by atoms with Gasteiger partial charge in [-0.05, 0) is 0 Å². The van der Waals surface area contributed by atoms with Crippen LogP contribution < -0.4 is 5.32 Å². The van der Waals surface area contributed by atoms with E-state index in [1.54, 1.807) is 0 Å². The van der Waals surface area contributed by atoms with Crippen LogP contribution >= 0.6 is 15.5 Å². The Kier molecular flexibility index (Phi) is 4.14. The number of nitrogens with one attached hydrogen (secondary N) is 1. The minimum Gasteiger partial charge on any atom is -0.356 e. The summed E-state index contributed by atoms with van der Waals surface area (Å²) in [6, 6.07) is 0. The molecular weight excluding hydrogens is 172 g/mol. The number of amides is 1. The molecule has 0 aromatic carbocycles. The molecule has 0 atom stereocenters. The summed E-state index contributed by atoms with van der Waals surface area (Å²) in [4.78, 5) is 27.6. The Labute approximate surface area is 61.8 Å². The maximum Gasteiger partial charge on any atom is 0.220 e. The Hall–Kier alpha value is 0.120. The molecule has 10 heavy (non-hydrogen) atoms. The first-order valence-corrected chi connectivity index (χ1v) is 5.82. The molecule has 0 aliphatic carbocycles. The zero-order valence-electron chi connectivity index (χ0n) is 5.37. The third-order valence-electron chi connectivity index (χ3n) is 0.746. The Bertz CT molecular complexity index is 164. The Morgan fingerprint density at radius 1 is 1.70 bits per heavy atom. The molecule has 0 saturated carbocycles. The first-order valence-electron chi connectivity index (χ1n) is 2.60. The van der Waals surface area contributed by atoms with E-state index in [9.17, 15) is 4.79 Å². The lowest BCUT2D eigenvalue weighted by Crippen LogP contribution is -2.23. The largest absolute Gasteiger partial charge is 0.356 e. The van der Waals surface area contributed by atoms with Crippen molar-refractivity contribution in [1.82, 2.24) is 5.32 Å². The van der Waals surface area contributed by atoms with Crippen molar-refractivity contribution >= 4 is 21.4 Å². The lowest BCUT2D eigenvalue weighted by Gasteiger charge is -2.07. The fourth-order valence-corrected chi connectivity index (χ4v) is 1.11. The number of hydrogen-bond acceptors (Lipinski definition) is 1. The normalized spacial score (nSPS) is 11.1. The van der Waals surface area contributed by atoms with Crippen molar-refractivity contribution in [2.75, 3.05) is 12.7 Å². The Morgan fingerprint density at radius 2 is 2.20 bits per heavy atom. The second-order valence-electron chi connectivity index (χ2n) is 1.80. The lowest BCUT2D eigenvalue weighted by molar-refractivity contribution is -0.116. The molecule has 0 aromatic heterocycles. The van der Waals surface area contributed by atoms with Gasteiger partial charge >= 0.3 is 0 Å². The smallest absolute Gasteiger partial charge is 0.220 e. The minimum atomic E-state index is -2.91. The predicted molar refractivity (Wildman–Crippen MR) is 42.9 cm³/mol. The van der Waals surface area contributed by atoms with Crippen molar-refractivity contribution in [3.05, 3.63) is 6.92 Å². The van der Waals surface area contributed by atoms with Crippen LogP contribution in [0.4, 0.5) is 0 Å². The van der Waals surface area contributed by atoms with Crippen LogP contribution in [0.2, 0.25) is 0 Å². The molecule has 1 radical (unpaired) electrons. The van der Waals surface area contributed by atoms with Crippen molar-refractivity contribution in [3.63, 3.8) is 0 Å². The highest BCUT2D eigenvalue weighted by Crippen LogP contribution is 2.40. The van der Waals surface area contributed by atoms with Crippen molar-refractivity contribution < 1.29 is 14.6 Å². The highest BCUT2D eigenvalue weighted by Gasteiger charge is 2.03. The van der Waals surface area contributed by atoms with Gasteiger partial charge in [0.2, 0.25) is 5.91 Å². The molecule has 0 rings (SSSR count). The van der Waals surface area contributed by atoms with Gasteiger partial charge in [0.15, 0.2) is 0 Å². The van der Waals surface area contributed by atoms with Crippen molar-refractivity contribution in [2.45, 2.75) is 0 Å². The summed E-state index contributed by atoms with van der Waals surface area (Å²) in [5.41, 5.74) is 0. The summed E-state index contributed by atoms with van der Waals surface area (Å²) >= 11 is 0. The van der Waals surface area contributed by atoms with E-state index in [4.69, 9.17) is 9.79 Å². The van der Waals surface area contributed by atoms with Crippen LogP contribution in [0, 0.1) is 6.92 Å². The van der Waals surface area contributed by atoms with Gasteiger partial charge in [-0.15, -0.1) is 0 Å². The van der Waals surface area contributed by atoms with Crippen molar-refractivity contribution in [2.24, 2.45) is 0 Å². The molecule has 0 spiro atoms. The number of hydrogen-bond donors (Lipinski definition) is 3. The molecule has 0 bridgehead atoms. The van der Waals surface area contributed by atoms with E-state index in [1.165, 1.54) is 0 Å². The van der Waals surface area contributed by atoms with Gasteiger partial charge in [0.1, 0.15) is 7.00 Å². The highest BCUT2D eigenvalue weighted by molar-refractivity contribution is 7.91. The molecule has 0 unspecified atom stereocenters. The molecular formula is C4H10NO3P2. The van der Waals surface area contributed by atoms with Gasteiger partial charge in [-0.25, -0.2) is 0 Å². The standard InChI is InChI=1S/C4H10NO3P2/c1-4(6)5-2-3-10(7,8)9/h7-9H,1-3H2,(H,5,6). The molecule has 0 aliphatic heterocycles. The SMILES string of the molecule is [CH2]C(=O)NCCP(O)(O)=P. The van der Waals surface area contributed by atoms with Gasteiger partial charge < -0.3 is 15.1 Å². The fourth-order valence-electron chi connectivity index (χ4n) is 0.351. The van der Waals surface area contributed by atoms with E-state index in [0.29, 0.717) is 0 Å². The first-order chi connectivity index (χ1) is 4.42. The van der Waals surface area contributed by atoms with Gasteiger partial charge in [0.25, 0.3) is 0 Å². The summed E-state index contributed by atoms with van der Waals surface area (Å²) in [7, 11) is -0.181. The Balaban J connectivity index is 3.39. The molecule has 4 nitrogen and oxygen atoms in total. The van der Waals surface area contributed by atoms with Crippen LogP contribution in [-0.2, 0) is 4.79 Å². The molecule has 0 saturated heterocycles. The maximum absolute atomic E-state index is 10.1. The summed E-state index contributed by atoms with van der Waals surface area (Å²) in [5, 5.41) is 2.33. The van der Waals surface area contributed by atoms with E-state index in [0.717, 1.165) is 0 Å². The van der Waals surface area contributed by atoms with Crippen LogP contribution in [-0.4, -0.2) is 28.4 Å². The van der Waals surface area contributed by atoms with E-state index < -0.39 is 12.9 Å². The topological polar surface area (TPSA) is 69.6 Å².